The summed E-state index contributed by atoms with van der Waals surface area (Å²) in [6, 6.07) is 5.68. The van der Waals surface area contributed by atoms with E-state index >= 15 is 0 Å². The number of hydroxylamine groups is 2. The van der Waals surface area contributed by atoms with Crippen LogP contribution in [0, 0.1) is 0 Å². The first-order valence-electron chi connectivity index (χ1n) is 11.0. The maximum Gasteiger partial charge on any atom is 0.240 e. The summed E-state index contributed by atoms with van der Waals surface area (Å²) >= 11 is 12.3. The van der Waals surface area contributed by atoms with Crippen molar-refractivity contribution in [1.82, 2.24) is 20.4 Å². The SMILES string of the molecule is CC1C(NC(=O)C2CC(C3CCCO3)ON2C)C(C)N(Cc2ccc(Cl)c(Cl)c2)N1C. The van der Waals surface area contributed by atoms with E-state index in [-0.39, 0.29) is 42.3 Å². The van der Waals surface area contributed by atoms with Gasteiger partial charge in [-0.2, -0.15) is 5.06 Å². The summed E-state index contributed by atoms with van der Waals surface area (Å²) in [5, 5.41) is 10.6. The Bertz CT molecular complexity index is 807. The molecular weight excluding hydrogens is 439 g/mol. The standard InChI is InChI=1S/C22H32Cl2N4O3/c1-13-21(14(2)28(26(13)3)12-15-7-8-16(23)17(24)10-15)25-22(29)18-11-20(31-27(18)4)19-6-5-9-30-19/h7-8,10,13-14,18-21H,5-6,9,11-12H2,1-4H3,(H,25,29). The molecule has 3 aliphatic rings. The monoisotopic (exact) mass is 470 g/mol. The maximum atomic E-state index is 13.2. The molecule has 0 bridgehead atoms. The van der Waals surface area contributed by atoms with Gasteiger partial charge in [-0.05, 0) is 44.4 Å². The Labute approximate surface area is 194 Å². The highest BCUT2D eigenvalue weighted by Crippen LogP contribution is 2.31. The number of ether oxygens (including phenoxy) is 1. The van der Waals surface area contributed by atoms with Gasteiger partial charge >= 0.3 is 0 Å². The van der Waals surface area contributed by atoms with E-state index in [0.29, 0.717) is 23.0 Å². The number of benzene rings is 1. The van der Waals surface area contributed by atoms with Gasteiger partial charge in [-0.15, -0.1) is 0 Å². The molecule has 4 rings (SSSR count). The van der Waals surface area contributed by atoms with Crippen LogP contribution < -0.4 is 5.32 Å². The number of halogens is 2. The molecule has 3 aliphatic heterocycles. The predicted octanol–water partition coefficient (Wildman–Crippen LogP) is 3.10. The molecule has 1 aromatic rings. The molecule has 0 radical (unpaired) electrons. The lowest BCUT2D eigenvalue weighted by Crippen LogP contribution is -2.52. The molecular formula is C22H32Cl2N4O3. The Morgan fingerprint density at radius 2 is 1.94 bits per heavy atom. The molecule has 31 heavy (non-hydrogen) atoms. The Balaban J connectivity index is 1.39. The van der Waals surface area contributed by atoms with Crippen LogP contribution in [-0.2, 0) is 20.9 Å². The van der Waals surface area contributed by atoms with Crippen LogP contribution in [0.1, 0.15) is 38.7 Å². The molecule has 0 aliphatic carbocycles. The van der Waals surface area contributed by atoms with Crippen LogP contribution in [0.2, 0.25) is 10.0 Å². The molecule has 3 heterocycles. The number of hydrazine groups is 1. The highest BCUT2D eigenvalue weighted by molar-refractivity contribution is 6.42. The van der Waals surface area contributed by atoms with Gasteiger partial charge in [0.25, 0.3) is 0 Å². The predicted molar refractivity (Wildman–Crippen MR) is 121 cm³/mol. The number of likely N-dealkylation sites (N-methyl/N-ethyl adjacent to an activating group) is 2. The lowest BCUT2D eigenvalue weighted by molar-refractivity contribution is -0.175. The van der Waals surface area contributed by atoms with Crippen LogP contribution in [0.4, 0.5) is 0 Å². The Kier molecular flexibility index (Phi) is 7.13. The second-order valence-electron chi connectivity index (χ2n) is 8.93. The van der Waals surface area contributed by atoms with Gasteiger partial charge < -0.3 is 10.1 Å². The van der Waals surface area contributed by atoms with Crippen molar-refractivity contribution in [2.45, 2.75) is 76.0 Å². The van der Waals surface area contributed by atoms with Crippen molar-refractivity contribution >= 4 is 29.1 Å². The lowest BCUT2D eigenvalue weighted by atomic mass is 10.0. The summed E-state index contributed by atoms with van der Waals surface area (Å²) < 4.78 is 5.77. The quantitative estimate of drug-likeness (QED) is 0.713. The zero-order chi connectivity index (χ0) is 22.3. The van der Waals surface area contributed by atoms with E-state index in [2.05, 4.69) is 36.2 Å². The van der Waals surface area contributed by atoms with Gasteiger partial charge in [-0.25, -0.2) is 10.0 Å². The molecule has 0 spiro atoms. The van der Waals surface area contributed by atoms with Crippen molar-refractivity contribution in [2.24, 2.45) is 0 Å². The summed E-state index contributed by atoms with van der Waals surface area (Å²) in [5.41, 5.74) is 1.08. The van der Waals surface area contributed by atoms with E-state index < -0.39 is 0 Å². The van der Waals surface area contributed by atoms with Crippen molar-refractivity contribution in [3.05, 3.63) is 33.8 Å². The minimum absolute atomic E-state index is 0.00421. The number of amides is 1. The first kappa shape index (κ1) is 23.2. The number of nitrogens with zero attached hydrogens (tertiary/aromatic N) is 3. The largest absolute Gasteiger partial charge is 0.375 e. The highest BCUT2D eigenvalue weighted by Gasteiger charge is 2.45. The normalized spacial score (nSPS) is 35.2. The van der Waals surface area contributed by atoms with E-state index in [9.17, 15) is 4.79 Å². The van der Waals surface area contributed by atoms with Crippen molar-refractivity contribution in [2.75, 3.05) is 20.7 Å². The second kappa shape index (κ2) is 9.51. The summed E-state index contributed by atoms with van der Waals surface area (Å²) in [5.74, 6) is 0.0106. The van der Waals surface area contributed by atoms with Crippen LogP contribution in [0.3, 0.4) is 0 Å². The van der Waals surface area contributed by atoms with Crippen molar-refractivity contribution < 1.29 is 14.4 Å². The third kappa shape index (κ3) is 4.74. The third-order valence-corrected chi connectivity index (χ3v) is 7.76. The molecule has 1 aromatic carbocycles. The molecule has 3 saturated heterocycles. The molecule has 6 atom stereocenters. The smallest absolute Gasteiger partial charge is 0.240 e. The number of rotatable bonds is 5. The number of carbonyl (C=O) groups is 1. The van der Waals surface area contributed by atoms with E-state index in [1.807, 2.05) is 25.2 Å². The fourth-order valence-electron chi connectivity index (χ4n) is 5.01. The van der Waals surface area contributed by atoms with Gasteiger partial charge in [-0.1, -0.05) is 29.3 Å². The van der Waals surface area contributed by atoms with Gasteiger partial charge in [0.1, 0.15) is 12.1 Å². The summed E-state index contributed by atoms with van der Waals surface area (Å²) in [4.78, 5) is 19.1. The fraction of sp³-hybridized carbons (Fsp3) is 0.682. The minimum Gasteiger partial charge on any atom is -0.375 e. The number of carbonyl (C=O) groups excluding carboxylic acids is 1. The van der Waals surface area contributed by atoms with Gasteiger partial charge in [0.05, 0.1) is 22.2 Å². The lowest BCUT2D eigenvalue weighted by Gasteiger charge is -2.29. The van der Waals surface area contributed by atoms with Crippen molar-refractivity contribution in [1.29, 1.82) is 0 Å². The van der Waals surface area contributed by atoms with Crippen molar-refractivity contribution in [3.8, 4) is 0 Å². The summed E-state index contributed by atoms with van der Waals surface area (Å²) in [7, 11) is 3.90. The fourth-order valence-corrected chi connectivity index (χ4v) is 5.33. The number of hydrogen-bond donors (Lipinski definition) is 1. The molecule has 9 heteroatoms. The Morgan fingerprint density at radius 3 is 2.61 bits per heavy atom. The second-order valence-corrected chi connectivity index (χ2v) is 9.74. The molecule has 3 fully saturated rings. The van der Waals surface area contributed by atoms with Crippen LogP contribution >= 0.6 is 23.2 Å². The topological polar surface area (TPSA) is 57.3 Å². The zero-order valence-electron chi connectivity index (χ0n) is 18.6. The minimum atomic E-state index is -0.303. The van der Waals surface area contributed by atoms with Crippen LogP contribution in [0.5, 0.6) is 0 Å². The number of hydrogen-bond acceptors (Lipinski definition) is 6. The van der Waals surface area contributed by atoms with Gasteiger partial charge in [-0.3, -0.25) is 9.63 Å². The van der Waals surface area contributed by atoms with E-state index in [1.54, 1.807) is 5.06 Å². The summed E-state index contributed by atoms with van der Waals surface area (Å²) in [6.45, 7) is 5.76. The maximum absolute atomic E-state index is 13.2. The average Bonchev–Trinajstić information content (AvgIpc) is 3.44. The molecule has 7 nitrogen and oxygen atoms in total. The van der Waals surface area contributed by atoms with Gasteiger partial charge in [0, 0.05) is 45.8 Å². The highest BCUT2D eigenvalue weighted by atomic mass is 35.5. The molecule has 0 aromatic heterocycles. The number of nitrogens with one attached hydrogen (secondary N) is 1. The van der Waals surface area contributed by atoms with Crippen LogP contribution in [0.25, 0.3) is 0 Å². The molecule has 6 unspecified atom stereocenters. The van der Waals surface area contributed by atoms with Gasteiger partial charge in [0.15, 0.2) is 0 Å². The van der Waals surface area contributed by atoms with Crippen LogP contribution in [-0.4, -0.2) is 78.1 Å². The summed E-state index contributed by atoms with van der Waals surface area (Å²) in [6.07, 6.45) is 2.76. The molecule has 1 N–H and O–H groups in total. The molecule has 0 saturated carbocycles. The van der Waals surface area contributed by atoms with E-state index in [4.69, 9.17) is 32.8 Å². The third-order valence-electron chi connectivity index (χ3n) is 7.02. The van der Waals surface area contributed by atoms with Gasteiger partial charge in [0.2, 0.25) is 5.91 Å². The first-order chi connectivity index (χ1) is 14.8. The Hall–Kier alpha value is -0.930. The van der Waals surface area contributed by atoms with E-state index in [1.165, 1.54) is 0 Å². The van der Waals surface area contributed by atoms with Crippen molar-refractivity contribution in [3.63, 3.8) is 0 Å². The van der Waals surface area contributed by atoms with Crippen LogP contribution in [0.15, 0.2) is 18.2 Å². The molecule has 1 amide bonds. The first-order valence-corrected chi connectivity index (χ1v) is 11.8. The zero-order valence-corrected chi connectivity index (χ0v) is 20.1. The van der Waals surface area contributed by atoms with E-state index in [0.717, 1.165) is 25.0 Å². The molecule has 172 valence electrons. The average molecular weight is 471 g/mol. The Morgan fingerprint density at radius 1 is 1.16 bits per heavy atom.